The van der Waals surface area contributed by atoms with Crippen LogP contribution in [0.4, 0.5) is 0 Å². The molecule has 0 spiro atoms. The van der Waals surface area contributed by atoms with Crippen LogP contribution in [-0.4, -0.2) is 37.7 Å². The Morgan fingerprint density at radius 1 is 1.33 bits per heavy atom. The van der Waals surface area contributed by atoms with Gasteiger partial charge in [0.1, 0.15) is 12.4 Å². The number of nitrogens with one attached hydrogen (secondary N) is 2. The molecule has 2 aromatic rings. The van der Waals surface area contributed by atoms with Crippen molar-refractivity contribution in [3.05, 3.63) is 46.9 Å². The lowest BCUT2D eigenvalue weighted by Crippen LogP contribution is -2.41. The van der Waals surface area contributed by atoms with Crippen LogP contribution in [0.15, 0.2) is 47.0 Å². The van der Waals surface area contributed by atoms with Gasteiger partial charge in [0, 0.05) is 24.7 Å². The van der Waals surface area contributed by atoms with Crippen LogP contribution >= 0.6 is 35.3 Å². The summed E-state index contributed by atoms with van der Waals surface area (Å²) >= 11 is 1.81. The van der Waals surface area contributed by atoms with Crippen LogP contribution in [0.25, 0.3) is 0 Å². The second kappa shape index (κ2) is 12.1. The first kappa shape index (κ1) is 20.7. The molecule has 7 heteroatoms. The summed E-state index contributed by atoms with van der Waals surface area (Å²) in [5.74, 6) is 2.14. The molecule has 1 unspecified atom stereocenters. The molecule has 0 saturated carbocycles. The van der Waals surface area contributed by atoms with E-state index >= 15 is 0 Å². The first-order valence-corrected chi connectivity index (χ1v) is 8.65. The number of ether oxygens (including phenoxy) is 1. The third-order valence-corrected chi connectivity index (χ3v) is 4.17. The number of hydrogen-bond acceptors (Lipinski definition) is 4. The van der Waals surface area contributed by atoms with E-state index in [1.54, 1.807) is 19.4 Å². The minimum Gasteiger partial charge on any atom is -0.490 e. The Labute approximate surface area is 165 Å². The first-order valence-electron chi connectivity index (χ1n) is 7.77. The first-order chi connectivity index (χ1) is 11.3. The Morgan fingerprint density at radius 2 is 2.21 bits per heavy atom. The van der Waals surface area contributed by atoms with Crippen LogP contribution in [0.3, 0.4) is 0 Å². The van der Waals surface area contributed by atoms with Crippen LogP contribution in [-0.2, 0) is 6.42 Å². The monoisotopic (exact) mass is 460 g/mol. The summed E-state index contributed by atoms with van der Waals surface area (Å²) in [4.78, 5) is 9.67. The summed E-state index contributed by atoms with van der Waals surface area (Å²) in [6, 6.07) is 8.04. The summed E-state index contributed by atoms with van der Waals surface area (Å²) in [6.45, 7) is 4.39. The minimum absolute atomic E-state index is 0. The Balaban J connectivity index is 0.00000288. The summed E-state index contributed by atoms with van der Waals surface area (Å²) < 4.78 is 5.59. The molecular formula is C17H25IN4OS. The van der Waals surface area contributed by atoms with Crippen molar-refractivity contribution in [3.63, 3.8) is 0 Å². The molecule has 2 N–H and O–H groups in total. The van der Waals surface area contributed by atoms with E-state index in [1.165, 1.54) is 4.88 Å². The molecule has 0 aromatic carbocycles. The highest BCUT2D eigenvalue weighted by atomic mass is 127. The largest absolute Gasteiger partial charge is 0.490 e. The molecule has 0 radical (unpaired) electrons. The number of aromatic nitrogens is 1. The van der Waals surface area contributed by atoms with E-state index < -0.39 is 0 Å². The second-order valence-corrected chi connectivity index (χ2v) is 6.34. The lowest BCUT2D eigenvalue weighted by atomic mass is 10.1. The van der Waals surface area contributed by atoms with Crippen LogP contribution < -0.4 is 15.4 Å². The number of halogens is 1. The SMILES string of the molecule is CN=C(NCCOc1cccnc1)NCC(C)Cc1cccs1.I. The number of thiophene rings is 1. The molecule has 0 bridgehead atoms. The van der Waals surface area contributed by atoms with E-state index in [0.717, 1.165) is 24.7 Å². The Kier molecular flexibility index (Phi) is 10.4. The van der Waals surface area contributed by atoms with Gasteiger partial charge in [-0.05, 0) is 35.9 Å². The predicted molar refractivity (Wildman–Crippen MR) is 112 cm³/mol. The highest BCUT2D eigenvalue weighted by molar-refractivity contribution is 14.0. The van der Waals surface area contributed by atoms with Gasteiger partial charge in [-0.1, -0.05) is 13.0 Å². The molecule has 0 amide bonds. The smallest absolute Gasteiger partial charge is 0.191 e. The number of nitrogens with zero attached hydrogens (tertiary/aromatic N) is 2. The van der Waals surface area contributed by atoms with E-state index in [1.807, 2.05) is 23.5 Å². The van der Waals surface area contributed by atoms with Gasteiger partial charge in [-0.25, -0.2) is 0 Å². The maximum atomic E-state index is 5.59. The molecule has 24 heavy (non-hydrogen) atoms. The minimum atomic E-state index is 0. The number of rotatable bonds is 8. The van der Waals surface area contributed by atoms with Gasteiger partial charge in [0.05, 0.1) is 12.7 Å². The van der Waals surface area contributed by atoms with E-state index in [2.05, 4.69) is 45.0 Å². The molecule has 132 valence electrons. The van der Waals surface area contributed by atoms with Gasteiger partial charge in [-0.3, -0.25) is 9.98 Å². The average molecular weight is 460 g/mol. The lowest BCUT2D eigenvalue weighted by molar-refractivity contribution is 0.320. The Hall–Kier alpha value is -1.35. The molecule has 2 rings (SSSR count). The molecule has 0 aliphatic carbocycles. The summed E-state index contributed by atoms with van der Waals surface area (Å²) in [7, 11) is 1.78. The Bertz CT molecular complexity index is 578. The van der Waals surface area contributed by atoms with Crippen molar-refractivity contribution in [3.8, 4) is 5.75 Å². The van der Waals surface area contributed by atoms with Crippen LogP contribution in [0.5, 0.6) is 5.75 Å². The van der Waals surface area contributed by atoms with Gasteiger partial charge < -0.3 is 15.4 Å². The standard InChI is InChI=1S/C17H24N4OS.HI/c1-14(11-16-6-4-10-23-16)12-21-17(18-2)20-8-9-22-15-5-3-7-19-13-15;/h3-7,10,13-14H,8-9,11-12H2,1-2H3,(H2,18,20,21);1H. The maximum absolute atomic E-state index is 5.59. The average Bonchev–Trinajstić information content (AvgIpc) is 3.08. The van der Waals surface area contributed by atoms with Crippen molar-refractivity contribution >= 4 is 41.3 Å². The van der Waals surface area contributed by atoms with Crippen LogP contribution in [0.2, 0.25) is 0 Å². The zero-order chi connectivity index (χ0) is 16.3. The highest BCUT2D eigenvalue weighted by Gasteiger charge is 2.06. The molecular weight excluding hydrogens is 435 g/mol. The molecule has 1 atom stereocenters. The van der Waals surface area contributed by atoms with E-state index in [9.17, 15) is 0 Å². The number of hydrogen-bond donors (Lipinski definition) is 2. The van der Waals surface area contributed by atoms with Crippen molar-refractivity contribution in [1.29, 1.82) is 0 Å². The fraction of sp³-hybridized carbons (Fsp3) is 0.412. The van der Waals surface area contributed by atoms with Gasteiger partial charge in [-0.15, -0.1) is 35.3 Å². The van der Waals surface area contributed by atoms with Crippen molar-refractivity contribution in [1.82, 2.24) is 15.6 Å². The van der Waals surface area contributed by atoms with Crippen LogP contribution in [0.1, 0.15) is 11.8 Å². The topological polar surface area (TPSA) is 58.5 Å². The molecule has 0 aliphatic heterocycles. The molecule has 2 aromatic heterocycles. The van der Waals surface area contributed by atoms with Gasteiger partial charge in [0.2, 0.25) is 0 Å². The van der Waals surface area contributed by atoms with Crippen LogP contribution in [0, 0.1) is 5.92 Å². The zero-order valence-corrected chi connectivity index (χ0v) is 17.2. The maximum Gasteiger partial charge on any atom is 0.191 e. The summed E-state index contributed by atoms with van der Waals surface area (Å²) in [5.41, 5.74) is 0. The third-order valence-electron chi connectivity index (χ3n) is 3.27. The van der Waals surface area contributed by atoms with E-state index in [4.69, 9.17) is 4.74 Å². The second-order valence-electron chi connectivity index (χ2n) is 5.31. The van der Waals surface area contributed by atoms with Crippen molar-refractivity contribution < 1.29 is 4.74 Å². The normalized spacial score (nSPS) is 12.2. The van der Waals surface area contributed by atoms with Crippen molar-refractivity contribution in [2.45, 2.75) is 13.3 Å². The number of guanidine groups is 1. The lowest BCUT2D eigenvalue weighted by Gasteiger charge is -2.15. The summed E-state index contributed by atoms with van der Waals surface area (Å²) in [5, 5.41) is 8.73. The number of pyridine rings is 1. The van der Waals surface area contributed by atoms with Gasteiger partial charge in [-0.2, -0.15) is 0 Å². The molecule has 2 heterocycles. The molecule has 0 aliphatic rings. The fourth-order valence-corrected chi connectivity index (χ4v) is 2.98. The van der Waals surface area contributed by atoms with E-state index in [-0.39, 0.29) is 24.0 Å². The summed E-state index contributed by atoms with van der Waals surface area (Å²) in [6.07, 6.45) is 4.53. The van der Waals surface area contributed by atoms with Crippen molar-refractivity contribution in [2.24, 2.45) is 10.9 Å². The fourth-order valence-electron chi connectivity index (χ4n) is 2.11. The van der Waals surface area contributed by atoms with Crippen molar-refractivity contribution in [2.75, 3.05) is 26.7 Å². The van der Waals surface area contributed by atoms with Gasteiger partial charge in [0.25, 0.3) is 0 Å². The van der Waals surface area contributed by atoms with Gasteiger partial charge in [0.15, 0.2) is 5.96 Å². The highest BCUT2D eigenvalue weighted by Crippen LogP contribution is 2.13. The third kappa shape index (κ3) is 7.96. The molecule has 0 saturated heterocycles. The molecule has 0 fully saturated rings. The molecule has 5 nitrogen and oxygen atoms in total. The Morgan fingerprint density at radius 3 is 2.88 bits per heavy atom. The quantitative estimate of drug-likeness (QED) is 0.275. The number of aliphatic imine (C=N–C) groups is 1. The van der Waals surface area contributed by atoms with Gasteiger partial charge >= 0.3 is 0 Å². The van der Waals surface area contributed by atoms with E-state index in [0.29, 0.717) is 19.1 Å². The predicted octanol–water partition coefficient (Wildman–Crippen LogP) is 3.18. The zero-order valence-electron chi connectivity index (χ0n) is 14.1.